The van der Waals surface area contributed by atoms with Gasteiger partial charge in [0.25, 0.3) is 0 Å². The van der Waals surface area contributed by atoms with Crippen molar-refractivity contribution in [3.63, 3.8) is 0 Å². The normalized spacial score (nSPS) is 13.0. The molecule has 0 spiro atoms. The summed E-state index contributed by atoms with van der Waals surface area (Å²) in [6.07, 6.45) is 0. The van der Waals surface area contributed by atoms with Crippen molar-refractivity contribution in [3.05, 3.63) is 15.8 Å². The molecule has 1 atom stereocenters. The Kier molecular flexibility index (Phi) is 4.66. The molecule has 1 aromatic rings. The van der Waals surface area contributed by atoms with Crippen molar-refractivity contribution in [2.24, 2.45) is 0 Å². The fraction of sp³-hybridized carbons (Fsp3) is 0.400. The third-order valence-electron chi connectivity index (χ3n) is 2.26. The average Bonchev–Trinajstić information content (AvgIpc) is 2.70. The van der Waals surface area contributed by atoms with E-state index in [4.69, 9.17) is 5.11 Å². The van der Waals surface area contributed by atoms with Gasteiger partial charge in [-0.3, -0.25) is 4.79 Å². The molecule has 1 rings (SSSR count). The molecule has 0 bridgehead atoms. The Bertz CT molecular complexity index is 604. The van der Waals surface area contributed by atoms with Crippen LogP contribution in [0.3, 0.4) is 0 Å². The van der Waals surface area contributed by atoms with Crippen LogP contribution in [0.25, 0.3) is 0 Å². The van der Waals surface area contributed by atoms with Crippen LogP contribution in [0.15, 0.2) is 10.3 Å². The maximum atomic E-state index is 12.1. The third kappa shape index (κ3) is 3.31. The summed E-state index contributed by atoms with van der Waals surface area (Å²) < 4.78 is 30.7. The van der Waals surface area contributed by atoms with Crippen molar-refractivity contribution in [1.29, 1.82) is 0 Å². The standard InChI is InChI=1S/C10H13NO6S2/c1-5-4-18-7(10(14)17-3)8(5)19(15,16)11-6(2)9(12)13/h4,6,11H,1-3H3,(H,12,13). The summed E-state index contributed by atoms with van der Waals surface area (Å²) in [6, 6.07) is -1.30. The number of nitrogens with one attached hydrogen (secondary N) is 1. The number of ether oxygens (including phenoxy) is 1. The number of carbonyl (C=O) groups excluding carboxylic acids is 1. The molecule has 2 N–H and O–H groups in total. The lowest BCUT2D eigenvalue weighted by molar-refractivity contribution is -0.138. The summed E-state index contributed by atoms with van der Waals surface area (Å²) in [4.78, 5) is 21.9. The van der Waals surface area contributed by atoms with Crippen LogP contribution in [-0.4, -0.2) is 38.6 Å². The van der Waals surface area contributed by atoms with E-state index < -0.39 is 28.0 Å². The summed E-state index contributed by atoms with van der Waals surface area (Å²) in [5, 5.41) is 10.2. The van der Waals surface area contributed by atoms with E-state index in [9.17, 15) is 18.0 Å². The molecule has 0 radical (unpaired) electrons. The maximum Gasteiger partial charge on any atom is 0.349 e. The summed E-state index contributed by atoms with van der Waals surface area (Å²) in [5.41, 5.74) is 0.357. The quantitative estimate of drug-likeness (QED) is 0.771. The number of hydrogen-bond donors (Lipinski definition) is 2. The number of aliphatic carboxylic acids is 1. The second-order valence-electron chi connectivity index (χ2n) is 3.75. The number of esters is 1. The maximum absolute atomic E-state index is 12.1. The highest BCUT2D eigenvalue weighted by molar-refractivity contribution is 7.89. The number of rotatable bonds is 5. The minimum absolute atomic E-state index is 0.0786. The van der Waals surface area contributed by atoms with Gasteiger partial charge in [-0.15, -0.1) is 11.3 Å². The number of methoxy groups -OCH3 is 1. The fourth-order valence-electron chi connectivity index (χ4n) is 1.34. The smallest absolute Gasteiger partial charge is 0.349 e. The van der Waals surface area contributed by atoms with Gasteiger partial charge in [-0.2, -0.15) is 4.72 Å². The van der Waals surface area contributed by atoms with Crippen LogP contribution in [0, 0.1) is 6.92 Å². The van der Waals surface area contributed by atoms with Gasteiger partial charge in [0.2, 0.25) is 10.0 Å². The Morgan fingerprint density at radius 2 is 2.05 bits per heavy atom. The zero-order chi connectivity index (χ0) is 14.8. The van der Waals surface area contributed by atoms with Crippen LogP contribution in [0.5, 0.6) is 0 Å². The molecule has 0 aliphatic heterocycles. The van der Waals surface area contributed by atoms with Crippen molar-refractivity contribution in [2.45, 2.75) is 24.8 Å². The van der Waals surface area contributed by atoms with Gasteiger partial charge in [-0.05, 0) is 24.8 Å². The molecule has 19 heavy (non-hydrogen) atoms. The Hall–Kier alpha value is -1.45. The van der Waals surface area contributed by atoms with Crippen molar-refractivity contribution in [2.75, 3.05) is 7.11 Å². The first-order valence-electron chi connectivity index (χ1n) is 5.12. The van der Waals surface area contributed by atoms with E-state index in [0.29, 0.717) is 5.56 Å². The number of thiophene rings is 1. The molecule has 0 aliphatic rings. The predicted molar refractivity (Wildman–Crippen MR) is 67.8 cm³/mol. The minimum atomic E-state index is -4.10. The first kappa shape index (κ1) is 15.6. The zero-order valence-corrected chi connectivity index (χ0v) is 12.1. The first-order chi connectivity index (χ1) is 8.70. The van der Waals surface area contributed by atoms with Gasteiger partial charge < -0.3 is 9.84 Å². The van der Waals surface area contributed by atoms with Crippen LogP contribution in [-0.2, 0) is 19.6 Å². The van der Waals surface area contributed by atoms with Crippen LogP contribution in [0.4, 0.5) is 0 Å². The van der Waals surface area contributed by atoms with E-state index in [-0.39, 0.29) is 9.77 Å². The van der Waals surface area contributed by atoms with Crippen molar-refractivity contribution >= 4 is 33.3 Å². The number of carboxylic acid groups (broad SMARTS) is 1. The largest absolute Gasteiger partial charge is 0.480 e. The van der Waals surface area contributed by atoms with E-state index in [1.54, 1.807) is 0 Å². The summed E-state index contributed by atoms with van der Waals surface area (Å²) >= 11 is 0.930. The molecule has 0 saturated carbocycles. The summed E-state index contributed by atoms with van der Waals surface area (Å²) in [7, 11) is -2.96. The Balaban J connectivity index is 3.25. The van der Waals surface area contributed by atoms with Gasteiger partial charge in [-0.1, -0.05) is 0 Å². The van der Waals surface area contributed by atoms with Crippen molar-refractivity contribution in [1.82, 2.24) is 4.72 Å². The topological polar surface area (TPSA) is 110 Å². The van der Waals surface area contributed by atoms with Crippen molar-refractivity contribution < 1.29 is 27.9 Å². The van der Waals surface area contributed by atoms with Gasteiger partial charge in [-0.25, -0.2) is 13.2 Å². The zero-order valence-electron chi connectivity index (χ0n) is 10.5. The van der Waals surface area contributed by atoms with Crippen LogP contribution >= 0.6 is 11.3 Å². The van der Waals surface area contributed by atoms with Gasteiger partial charge in [0.1, 0.15) is 15.8 Å². The van der Waals surface area contributed by atoms with Gasteiger partial charge in [0.05, 0.1) is 7.11 Å². The molecule has 0 saturated heterocycles. The lowest BCUT2D eigenvalue weighted by Gasteiger charge is -2.11. The second kappa shape index (κ2) is 5.68. The van der Waals surface area contributed by atoms with E-state index >= 15 is 0 Å². The average molecular weight is 307 g/mol. The number of carboxylic acids is 1. The summed E-state index contributed by atoms with van der Waals surface area (Å²) in [5.74, 6) is -2.09. The predicted octanol–water partition coefficient (Wildman–Crippen LogP) is 0.595. The minimum Gasteiger partial charge on any atom is -0.480 e. The molecule has 0 amide bonds. The molecule has 106 valence electrons. The molecule has 1 unspecified atom stereocenters. The number of hydrogen-bond acceptors (Lipinski definition) is 6. The molecular weight excluding hydrogens is 294 g/mol. The fourth-order valence-corrected chi connectivity index (χ4v) is 4.25. The van der Waals surface area contributed by atoms with Gasteiger partial charge in [0.15, 0.2) is 0 Å². The first-order valence-corrected chi connectivity index (χ1v) is 7.48. The highest BCUT2D eigenvalue weighted by Gasteiger charge is 2.30. The highest BCUT2D eigenvalue weighted by Crippen LogP contribution is 2.27. The second-order valence-corrected chi connectivity index (χ2v) is 6.28. The number of carbonyl (C=O) groups is 2. The van der Waals surface area contributed by atoms with Crippen LogP contribution in [0.2, 0.25) is 0 Å². The molecule has 7 nitrogen and oxygen atoms in total. The van der Waals surface area contributed by atoms with Gasteiger partial charge >= 0.3 is 11.9 Å². The molecule has 1 aromatic heterocycles. The summed E-state index contributed by atoms with van der Waals surface area (Å²) in [6.45, 7) is 2.71. The van der Waals surface area contributed by atoms with E-state index in [0.717, 1.165) is 18.4 Å². The molecule has 0 aliphatic carbocycles. The third-order valence-corrected chi connectivity index (χ3v) is 5.19. The Labute approximate surface area is 114 Å². The van der Waals surface area contributed by atoms with Crippen LogP contribution in [0.1, 0.15) is 22.2 Å². The number of sulfonamides is 1. The van der Waals surface area contributed by atoms with E-state index in [2.05, 4.69) is 4.74 Å². The Morgan fingerprint density at radius 3 is 2.53 bits per heavy atom. The number of aryl methyl sites for hydroxylation is 1. The van der Waals surface area contributed by atoms with Gasteiger partial charge in [0, 0.05) is 0 Å². The molecule has 1 heterocycles. The van der Waals surface area contributed by atoms with E-state index in [1.165, 1.54) is 19.2 Å². The highest BCUT2D eigenvalue weighted by atomic mass is 32.2. The monoisotopic (exact) mass is 307 g/mol. The molecular formula is C10H13NO6S2. The SMILES string of the molecule is COC(=O)c1scc(C)c1S(=O)(=O)NC(C)C(=O)O. The molecule has 0 aromatic carbocycles. The van der Waals surface area contributed by atoms with Crippen LogP contribution < -0.4 is 4.72 Å². The Morgan fingerprint density at radius 1 is 1.47 bits per heavy atom. The molecule has 0 fully saturated rings. The van der Waals surface area contributed by atoms with E-state index in [1.807, 2.05) is 4.72 Å². The lowest BCUT2D eigenvalue weighted by atomic mass is 10.3. The molecule has 9 heteroatoms. The lowest BCUT2D eigenvalue weighted by Crippen LogP contribution is -2.38. The van der Waals surface area contributed by atoms with Crippen molar-refractivity contribution in [3.8, 4) is 0 Å².